The van der Waals surface area contributed by atoms with Gasteiger partial charge in [-0.3, -0.25) is 0 Å². The number of para-hydroxylation sites is 1. The van der Waals surface area contributed by atoms with Gasteiger partial charge < -0.3 is 21.1 Å². The molecule has 0 saturated heterocycles. The summed E-state index contributed by atoms with van der Waals surface area (Å²) < 4.78 is 0. The number of aliphatic hydroxyl groups excluding tert-OH is 1. The van der Waals surface area contributed by atoms with E-state index in [0.717, 1.165) is 28.4 Å². The molecule has 0 aliphatic carbocycles. The molecule has 0 radical (unpaired) electrons. The van der Waals surface area contributed by atoms with Crippen LogP contribution < -0.4 is 16.0 Å². The van der Waals surface area contributed by atoms with Crippen molar-refractivity contribution in [3.63, 3.8) is 0 Å². The van der Waals surface area contributed by atoms with Crippen LogP contribution in [0.2, 0.25) is 0 Å². The number of hydrogen-bond acceptors (Lipinski definition) is 6. The fourth-order valence-electron chi connectivity index (χ4n) is 2.33. The van der Waals surface area contributed by atoms with Gasteiger partial charge in [0, 0.05) is 28.8 Å². The van der Waals surface area contributed by atoms with Crippen LogP contribution in [0.1, 0.15) is 5.56 Å². The van der Waals surface area contributed by atoms with Crippen LogP contribution in [0.5, 0.6) is 0 Å². The Bertz CT molecular complexity index is 882. The summed E-state index contributed by atoms with van der Waals surface area (Å²) in [6.07, 6.45) is 2.39. The molecule has 132 valence electrons. The highest BCUT2D eigenvalue weighted by Crippen LogP contribution is 2.22. The zero-order valence-corrected chi connectivity index (χ0v) is 14.5. The van der Waals surface area contributed by atoms with Crippen molar-refractivity contribution in [3.8, 4) is 0 Å². The molecule has 0 bridgehead atoms. The molecule has 0 spiro atoms. The highest BCUT2D eigenvalue weighted by molar-refractivity contribution is 5.64. The molecular formula is C20H21N5O. The van der Waals surface area contributed by atoms with Crippen LogP contribution in [-0.2, 0) is 0 Å². The summed E-state index contributed by atoms with van der Waals surface area (Å²) in [7, 11) is 0. The standard InChI is InChI=1S/C20H21N5O/c1-3-18(26)22-16-10-7-11-17(12-16)24-20-21-13-14(2)19(25-20)23-15-8-5-4-6-9-15/h3-13,18,22,26H,1H2,2H3,(H2,21,23,24,25). The van der Waals surface area contributed by atoms with Crippen molar-refractivity contribution in [2.75, 3.05) is 16.0 Å². The second-order valence-electron chi connectivity index (χ2n) is 5.75. The number of anilines is 5. The molecule has 0 aliphatic heterocycles. The van der Waals surface area contributed by atoms with Gasteiger partial charge in [-0.1, -0.05) is 30.8 Å². The molecule has 6 heteroatoms. The number of aryl methyl sites for hydroxylation is 1. The molecule has 1 atom stereocenters. The first kappa shape index (κ1) is 17.4. The Kier molecular flexibility index (Phi) is 5.46. The smallest absolute Gasteiger partial charge is 0.229 e. The van der Waals surface area contributed by atoms with Crippen LogP contribution in [0.15, 0.2) is 73.4 Å². The predicted molar refractivity (Wildman–Crippen MR) is 106 cm³/mol. The van der Waals surface area contributed by atoms with E-state index in [1.54, 1.807) is 6.20 Å². The lowest BCUT2D eigenvalue weighted by atomic mass is 10.2. The first-order chi connectivity index (χ1) is 12.6. The first-order valence-corrected chi connectivity index (χ1v) is 8.24. The van der Waals surface area contributed by atoms with Crippen LogP contribution >= 0.6 is 0 Å². The third-order valence-electron chi connectivity index (χ3n) is 3.66. The zero-order valence-electron chi connectivity index (χ0n) is 14.5. The van der Waals surface area contributed by atoms with E-state index in [1.165, 1.54) is 6.08 Å². The van der Waals surface area contributed by atoms with E-state index in [1.807, 2.05) is 61.5 Å². The lowest BCUT2D eigenvalue weighted by Gasteiger charge is -2.13. The molecule has 0 amide bonds. The van der Waals surface area contributed by atoms with E-state index in [-0.39, 0.29) is 0 Å². The quantitative estimate of drug-likeness (QED) is 0.379. The van der Waals surface area contributed by atoms with Gasteiger partial charge in [0.2, 0.25) is 5.95 Å². The maximum absolute atomic E-state index is 9.62. The normalized spacial score (nSPS) is 11.5. The minimum atomic E-state index is -0.803. The second-order valence-corrected chi connectivity index (χ2v) is 5.75. The van der Waals surface area contributed by atoms with Crippen molar-refractivity contribution >= 4 is 28.8 Å². The van der Waals surface area contributed by atoms with Gasteiger partial charge in [0.15, 0.2) is 0 Å². The largest absolute Gasteiger partial charge is 0.370 e. The van der Waals surface area contributed by atoms with Crippen LogP contribution in [0, 0.1) is 6.92 Å². The van der Waals surface area contributed by atoms with Gasteiger partial charge in [-0.2, -0.15) is 4.98 Å². The molecule has 4 N–H and O–H groups in total. The number of aromatic nitrogens is 2. The van der Waals surface area contributed by atoms with Crippen molar-refractivity contribution in [2.45, 2.75) is 13.2 Å². The molecule has 1 heterocycles. The van der Waals surface area contributed by atoms with Crippen LogP contribution in [0.3, 0.4) is 0 Å². The van der Waals surface area contributed by atoms with Gasteiger partial charge >= 0.3 is 0 Å². The average molecular weight is 347 g/mol. The molecule has 0 fully saturated rings. The Labute approximate surface area is 152 Å². The van der Waals surface area contributed by atoms with Gasteiger partial charge in [-0.05, 0) is 43.3 Å². The van der Waals surface area contributed by atoms with Gasteiger partial charge in [0.05, 0.1) is 0 Å². The number of nitrogens with one attached hydrogen (secondary N) is 3. The Balaban J connectivity index is 1.77. The fraction of sp³-hybridized carbons (Fsp3) is 0.100. The Morgan fingerprint density at radius 3 is 2.50 bits per heavy atom. The Morgan fingerprint density at radius 2 is 1.73 bits per heavy atom. The monoisotopic (exact) mass is 347 g/mol. The summed E-state index contributed by atoms with van der Waals surface area (Å²) >= 11 is 0. The van der Waals surface area contributed by atoms with Gasteiger partial charge in [0.1, 0.15) is 12.0 Å². The fourth-order valence-corrected chi connectivity index (χ4v) is 2.33. The third-order valence-corrected chi connectivity index (χ3v) is 3.66. The molecule has 1 aromatic heterocycles. The minimum absolute atomic E-state index is 0.482. The molecule has 3 rings (SSSR count). The summed E-state index contributed by atoms with van der Waals surface area (Å²) in [6, 6.07) is 17.4. The summed E-state index contributed by atoms with van der Waals surface area (Å²) in [4.78, 5) is 8.88. The first-order valence-electron chi connectivity index (χ1n) is 8.24. The third kappa shape index (κ3) is 4.58. The SMILES string of the molecule is C=CC(O)Nc1cccc(Nc2ncc(C)c(Nc3ccccc3)n2)c1. The highest BCUT2D eigenvalue weighted by Gasteiger charge is 2.06. The summed E-state index contributed by atoms with van der Waals surface area (Å²) in [5.41, 5.74) is 3.48. The average Bonchev–Trinajstić information content (AvgIpc) is 2.65. The van der Waals surface area contributed by atoms with E-state index in [9.17, 15) is 5.11 Å². The number of benzene rings is 2. The molecular weight excluding hydrogens is 326 g/mol. The van der Waals surface area contributed by atoms with Gasteiger partial charge in [-0.25, -0.2) is 4.98 Å². The molecule has 26 heavy (non-hydrogen) atoms. The second kappa shape index (κ2) is 8.13. The van der Waals surface area contributed by atoms with E-state index in [0.29, 0.717) is 5.95 Å². The van der Waals surface area contributed by atoms with Crippen LogP contribution in [-0.4, -0.2) is 21.3 Å². The Morgan fingerprint density at radius 1 is 1.00 bits per heavy atom. The highest BCUT2D eigenvalue weighted by atomic mass is 16.3. The molecule has 0 saturated carbocycles. The topological polar surface area (TPSA) is 82.1 Å². The summed E-state index contributed by atoms with van der Waals surface area (Å²) in [5, 5.41) is 19.0. The number of aliphatic hydroxyl groups is 1. The molecule has 2 aromatic carbocycles. The predicted octanol–water partition coefficient (Wildman–Crippen LogP) is 4.19. The van der Waals surface area contributed by atoms with Crippen molar-refractivity contribution < 1.29 is 5.11 Å². The lowest BCUT2D eigenvalue weighted by molar-refractivity contribution is 0.253. The van der Waals surface area contributed by atoms with E-state index < -0.39 is 6.23 Å². The maximum atomic E-state index is 9.62. The van der Waals surface area contributed by atoms with Gasteiger partial charge in [0.25, 0.3) is 0 Å². The molecule has 6 nitrogen and oxygen atoms in total. The Hall–Kier alpha value is -3.38. The number of nitrogens with zero attached hydrogens (tertiary/aromatic N) is 2. The van der Waals surface area contributed by atoms with Crippen molar-refractivity contribution in [1.29, 1.82) is 0 Å². The lowest BCUT2D eigenvalue weighted by Crippen LogP contribution is -2.14. The molecule has 3 aromatic rings. The minimum Gasteiger partial charge on any atom is -0.370 e. The van der Waals surface area contributed by atoms with E-state index in [2.05, 4.69) is 32.5 Å². The summed E-state index contributed by atoms with van der Waals surface area (Å²) in [5.74, 6) is 1.22. The maximum Gasteiger partial charge on any atom is 0.229 e. The van der Waals surface area contributed by atoms with E-state index in [4.69, 9.17) is 0 Å². The number of hydrogen-bond donors (Lipinski definition) is 4. The van der Waals surface area contributed by atoms with Crippen molar-refractivity contribution in [2.24, 2.45) is 0 Å². The number of rotatable bonds is 7. The zero-order chi connectivity index (χ0) is 18.4. The molecule has 0 aliphatic rings. The van der Waals surface area contributed by atoms with E-state index >= 15 is 0 Å². The van der Waals surface area contributed by atoms with Gasteiger partial charge in [-0.15, -0.1) is 0 Å². The molecule has 1 unspecified atom stereocenters. The van der Waals surface area contributed by atoms with Crippen LogP contribution in [0.25, 0.3) is 0 Å². The van der Waals surface area contributed by atoms with Crippen molar-refractivity contribution in [3.05, 3.63) is 79.0 Å². The van der Waals surface area contributed by atoms with Crippen molar-refractivity contribution in [1.82, 2.24) is 9.97 Å². The summed E-state index contributed by atoms with van der Waals surface area (Å²) in [6.45, 7) is 5.50. The van der Waals surface area contributed by atoms with Crippen LogP contribution in [0.4, 0.5) is 28.8 Å².